The van der Waals surface area contributed by atoms with Crippen LogP contribution in [0, 0.1) is 5.92 Å². The number of carboxylic acid groups (broad SMARTS) is 1. The van der Waals surface area contributed by atoms with Gasteiger partial charge in [0.2, 0.25) is 5.91 Å². The Labute approximate surface area is 124 Å². The quantitative estimate of drug-likeness (QED) is 0.862. The van der Waals surface area contributed by atoms with E-state index in [2.05, 4.69) is 4.98 Å². The Balaban J connectivity index is 1.76. The van der Waals surface area contributed by atoms with Gasteiger partial charge in [-0.15, -0.1) is 23.1 Å². The van der Waals surface area contributed by atoms with Gasteiger partial charge in [0.1, 0.15) is 6.04 Å². The summed E-state index contributed by atoms with van der Waals surface area (Å²) in [6.45, 7) is 0. The van der Waals surface area contributed by atoms with Crippen molar-refractivity contribution in [2.45, 2.75) is 30.7 Å². The highest BCUT2D eigenvalue weighted by atomic mass is 32.2. The van der Waals surface area contributed by atoms with Crippen LogP contribution in [0.4, 0.5) is 5.13 Å². The number of nitrogens with zero attached hydrogens (tertiary/aromatic N) is 2. The molecule has 0 spiro atoms. The number of carbonyl (C=O) groups excluding carboxylic acids is 1. The maximum atomic E-state index is 12.5. The molecule has 20 heavy (non-hydrogen) atoms. The van der Waals surface area contributed by atoms with Crippen molar-refractivity contribution in [3.8, 4) is 0 Å². The minimum atomic E-state index is -0.924. The highest BCUT2D eigenvalue weighted by molar-refractivity contribution is 8.00. The summed E-state index contributed by atoms with van der Waals surface area (Å²) in [6.07, 6.45) is 2.29. The van der Waals surface area contributed by atoms with Gasteiger partial charge >= 0.3 is 5.97 Å². The predicted molar refractivity (Wildman–Crippen MR) is 77.5 cm³/mol. The fraction of sp³-hybridized carbons (Fsp3) is 0.583. The number of carbonyl (C=O) groups is 2. The molecule has 2 unspecified atom stereocenters. The molecule has 108 valence electrons. The minimum absolute atomic E-state index is 0.0135. The fourth-order valence-electron chi connectivity index (χ4n) is 2.43. The van der Waals surface area contributed by atoms with Crippen LogP contribution >= 0.6 is 23.1 Å². The molecule has 1 saturated heterocycles. The second kappa shape index (κ2) is 5.25. The Morgan fingerprint density at radius 2 is 2.25 bits per heavy atom. The molecular formula is C12H15N3O3S2. The van der Waals surface area contributed by atoms with Crippen molar-refractivity contribution in [2.75, 3.05) is 11.5 Å². The Bertz CT molecular complexity index is 544. The first-order chi connectivity index (χ1) is 9.56. The third-order valence-electron chi connectivity index (χ3n) is 3.53. The van der Waals surface area contributed by atoms with Crippen molar-refractivity contribution >= 4 is 40.1 Å². The summed E-state index contributed by atoms with van der Waals surface area (Å²) in [7, 11) is 0. The van der Waals surface area contributed by atoms with Gasteiger partial charge in [0, 0.05) is 11.1 Å². The zero-order valence-electron chi connectivity index (χ0n) is 10.7. The average molecular weight is 313 g/mol. The van der Waals surface area contributed by atoms with Crippen LogP contribution in [0.15, 0.2) is 5.38 Å². The van der Waals surface area contributed by atoms with Gasteiger partial charge in [0.15, 0.2) is 5.13 Å². The lowest BCUT2D eigenvalue weighted by Crippen LogP contribution is -2.47. The third-order valence-corrected chi connectivity index (χ3v) is 5.72. The van der Waals surface area contributed by atoms with E-state index in [9.17, 15) is 14.7 Å². The molecule has 0 bridgehead atoms. The number of amides is 1. The normalized spacial score (nSPS) is 25.9. The highest BCUT2D eigenvalue weighted by Crippen LogP contribution is 2.45. The molecule has 3 rings (SSSR count). The van der Waals surface area contributed by atoms with Crippen molar-refractivity contribution < 1.29 is 14.7 Å². The molecule has 2 aliphatic rings. The van der Waals surface area contributed by atoms with Crippen LogP contribution in [0.5, 0.6) is 0 Å². The van der Waals surface area contributed by atoms with E-state index >= 15 is 0 Å². The molecule has 2 fully saturated rings. The van der Waals surface area contributed by atoms with Gasteiger partial charge in [-0.3, -0.25) is 4.79 Å². The number of thiazole rings is 1. The predicted octanol–water partition coefficient (Wildman–Crippen LogP) is 1.03. The summed E-state index contributed by atoms with van der Waals surface area (Å²) in [6, 6.07) is -0.714. The summed E-state index contributed by atoms with van der Waals surface area (Å²) in [5, 5.41) is 11.5. The monoisotopic (exact) mass is 313 g/mol. The van der Waals surface area contributed by atoms with Gasteiger partial charge in [-0.1, -0.05) is 0 Å². The third kappa shape index (κ3) is 2.62. The van der Waals surface area contributed by atoms with E-state index in [-0.39, 0.29) is 17.7 Å². The second-order valence-electron chi connectivity index (χ2n) is 5.07. The number of nitrogen functional groups attached to an aromatic ring is 1. The molecule has 2 atom stereocenters. The van der Waals surface area contributed by atoms with E-state index in [0.29, 0.717) is 22.5 Å². The van der Waals surface area contributed by atoms with Gasteiger partial charge in [-0.05, 0) is 18.8 Å². The van der Waals surface area contributed by atoms with Gasteiger partial charge in [-0.2, -0.15) is 0 Å². The summed E-state index contributed by atoms with van der Waals surface area (Å²) in [5.41, 5.74) is 6.17. The smallest absolute Gasteiger partial charge is 0.327 e. The van der Waals surface area contributed by atoms with Crippen molar-refractivity contribution in [1.82, 2.24) is 9.88 Å². The topological polar surface area (TPSA) is 96.5 Å². The Morgan fingerprint density at radius 3 is 2.80 bits per heavy atom. The van der Waals surface area contributed by atoms with Crippen LogP contribution in [0.25, 0.3) is 0 Å². The standard InChI is InChI=1S/C12H15N3O3S2/c13-12-14-7(4-20-12)3-9(16)15-8(11(17)18)5-19-10(15)6-1-2-6/h4,6,8,10H,1-3,5H2,(H2,13,14)(H,17,18). The van der Waals surface area contributed by atoms with Crippen molar-refractivity contribution in [3.63, 3.8) is 0 Å². The molecule has 1 aromatic rings. The summed E-state index contributed by atoms with van der Waals surface area (Å²) in [4.78, 5) is 29.4. The summed E-state index contributed by atoms with van der Waals surface area (Å²) >= 11 is 2.87. The number of anilines is 1. The second-order valence-corrected chi connectivity index (χ2v) is 7.11. The molecule has 0 radical (unpaired) electrons. The van der Waals surface area contributed by atoms with E-state index in [1.165, 1.54) is 11.3 Å². The summed E-state index contributed by atoms with van der Waals surface area (Å²) in [5.74, 6) is -0.160. The van der Waals surface area contributed by atoms with Crippen LogP contribution in [-0.2, 0) is 16.0 Å². The van der Waals surface area contributed by atoms with E-state index in [4.69, 9.17) is 5.73 Å². The molecule has 1 aliphatic heterocycles. The van der Waals surface area contributed by atoms with Crippen molar-refractivity contribution in [3.05, 3.63) is 11.1 Å². The molecule has 6 nitrogen and oxygen atoms in total. The Hall–Kier alpha value is -1.28. The fourth-order valence-corrected chi connectivity index (χ4v) is 4.64. The van der Waals surface area contributed by atoms with Crippen LogP contribution < -0.4 is 5.73 Å². The Kier molecular flexibility index (Phi) is 3.59. The number of aromatic nitrogens is 1. The maximum Gasteiger partial charge on any atom is 0.327 e. The first kappa shape index (κ1) is 13.7. The Morgan fingerprint density at radius 1 is 1.50 bits per heavy atom. The van der Waals surface area contributed by atoms with Gasteiger partial charge in [0.05, 0.1) is 17.5 Å². The summed E-state index contributed by atoms with van der Waals surface area (Å²) < 4.78 is 0. The molecule has 2 heterocycles. The first-order valence-electron chi connectivity index (χ1n) is 6.41. The van der Waals surface area contributed by atoms with E-state index < -0.39 is 12.0 Å². The number of hydrogen-bond donors (Lipinski definition) is 2. The van der Waals surface area contributed by atoms with E-state index in [1.54, 1.807) is 22.0 Å². The van der Waals surface area contributed by atoms with Crippen LogP contribution in [0.3, 0.4) is 0 Å². The van der Waals surface area contributed by atoms with Crippen molar-refractivity contribution in [1.29, 1.82) is 0 Å². The van der Waals surface area contributed by atoms with Gasteiger partial charge in [-0.25, -0.2) is 9.78 Å². The number of nitrogens with two attached hydrogens (primary N) is 1. The van der Waals surface area contributed by atoms with Gasteiger partial charge in [0.25, 0.3) is 0 Å². The van der Waals surface area contributed by atoms with Crippen LogP contribution in [0.1, 0.15) is 18.5 Å². The molecule has 1 aromatic heterocycles. The SMILES string of the molecule is Nc1nc(CC(=O)N2C(C(=O)O)CSC2C2CC2)cs1. The number of hydrogen-bond acceptors (Lipinski definition) is 6. The number of aliphatic carboxylic acids is 1. The lowest BCUT2D eigenvalue weighted by Gasteiger charge is -2.27. The zero-order valence-corrected chi connectivity index (χ0v) is 12.3. The van der Waals surface area contributed by atoms with Crippen LogP contribution in [0.2, 0.25) is 0 Å². The minimum Gasteiger partial charge on any atom is -0.480 e. The molecule has 1 saturated carbocycles. The van der Waals surface area contributed by atoms with E-state index in [1.807, 2.05) is 0 Å². The maximum absolute atomic E-state index is 12.5. The van der Waals surface area contributed by atoms with Crippen LogP contribution in [-0.4, -0.2) is 44.0 Å². The molecule has 8 heteroatoms. The molecule has 0 aromatic carbocycles. The van der Waals surface area contributed by atoms with Crippen molar-refractivity contribution in [2.24, 2.45) is 5.92 Å². The molecular weight excluding hydrogens is 298 g/mol. The lowest BCUT2D eigenvalue weighted by molar-refractivity contribution is -0.149. The molecule has 1 amide bonds. The largest absolute Gasteiger partial charge is 0.480 e. The average Bonchev–Trinajstić information content (AvgIpc) is 3.00. The zero-order chi connectivity index (χ0) is 14.3. The lowest BCUT2D eigenvalue weighted by atomic mass is 10.2. The highest BCUT2D eigenvalue weighted by Gasteiger charge is 2.47. The number of carboxylic acids is 1. The molecule has 3 N–H and O–H groups in total. The van der Waals surface area contributed by atoms with Gasteiger partial charge < -0.3 is 15.7 Å². The number of rotatable bonds is 4. The first-order valence-corrected chi connectivity index (χ1v) is 8.34. The number of thioether (sulfide) groups is 1. The molecule has 1 aliphatic carbocycles. The van der Waals surface area contributed by atoms with E-state index in [0.717, 1.165) is 12.8 Å².